The van der Waals surface area contributed by atoms with Crippen LogP contribution in [-0.4, -0.2) is 24.4 Å². The van der Waals surface area contributed by atoms with Crippen molar-refractivity contribution in [2.75, 3.05) is 6.54 Å². The van der Waals surface area contributed by atoms with Crippen LogP contribution in [0, 0.1) is 23.1 Å². The van der Waals surface area contributed by atoms with Gasteiger partial charge in [0.1, 0.15) is 18.4 Å². The van der Waals surface area contributed by atoms with Gasteiger partial charge in [0.2, 0.25) is 5.91 Å². The molecule has 0 aromatic heterocycles. The molecule has 1 rings (SSSR count). The Bertz CT molecular complexity index is 537. The van der Waals surface area contributed by atoms with Gasteiger partial charge in [0.05, 0.1) is 6.07 Å². The third kappa shape index (κ3) is 4.88. The van der Waals surface area contributed by atoms with Crippen molar-refractivity contribution in [3.8, 4) is 6.07 Å². The van der Waals surface area contributed by atoms with Crippen LogP contribution in [0.5, 0.6) is 0 Å². The van der Waals surface area contributed by atoms with Gasteiger partial charge >= 0.3 is 0 Å². The number of halogens is 1. The van der Waals surface area contributed by atoms with Crippen molar-refractivity contribution in [3.63, 3.8) is 0 Å². The molecular weight excluding hydrogens is 273 g/mol. The Hall–Kier alpha value is -2.42. The minimum Gasteiger partial charge on any atom is -0.341 e. The molecule has 0 aliphatic rings. The van der Waals surface area contributed by atoms with Crippen molar-refractivity contribution in [3.05, 3.63) is 35.6 Å². The molecule has 1 unspecified atom stereocenters. The van der Waals surface area contributed by atoms with Gasteiger partial charge in [-0.25, -0.2) is 4.39 Å². The number of rotatable bonds is 6. The van der Waals surface area contributed by atoms with Gasteiger partial charge in [-0.3, -0.25) is 9.59 Å². The molecule has 0 spiro atoms. The molecule has 2 N–H and O–H groups in total. The van der Waals surface area contributed by atoms with E-state index < -0.39 is 23.7 Å². The third-order valence-electron chi connectivity index (χ3n) is 3.23. The van der Waals surface area contributed by atoms with Crippen LogP contribution in [0.3, 0.4) is 0 Å². The molecule has 0 radical (unpaired) electrons. The molecule has 5 nitrogen and oxygen atoms in total. The summed E-state index contributed by atoms with van der Waals surface area (Å²) in [4.78, 5) is 24.1. The smallest absolute Gasteiger partial charge is 0.251 e. The number of hydrogen-bond acceptors (Lipinski definition) is 3. The number of benzene rings is 1. The van der Waals surface area contributed by atoms with E-state index in [1.54, 1.807) is 0 Å². The predicted octanol–water partition coefficient (Wildman–Crippen LogP) is 1.61. The number of nitriles is 1. The molecular formula is C15H18FN3O2. The maximum absolute atomic E-state index is 12.8. The first kappa shape index (κ1) is 16.6. The topological polar surface area (TPSA) is 82.0 Å². The summed E-state index contributed by atoms with van der Waals surface area (Å²) in [7, 11) is 0. The lowest BCUT2D eigenvalue weighted by Crippen LogP contribution is -2.50. The van der Waals surface area contributed by atoms with Gasteiger partial charge in [-0.15, -0.1) is 0 Å². The second-order valence-corrected chi connectivity index (χ2v) is 4.72. The van der Waals surface area contributed by atoms with E-state index in [0.29, 0.717) is 6.42 Å². The van der Waals surface area contributed by atoms with Crippen molar-refractivity contribution >= 4 is 11.8 Å². The second-order valence-electron chi connectivity index (χ2n) is 4.72. The highest BCUT2D eigenvalue weighted by Crippen LogP contribution is 2.10. The number of hydrogen-bond donors (Lipinski definition) is 2. The molecule has 0 aliphatic heterocycles. The predicted molar refractivity (Wildman–Crippen MR) is 75.7 cm³/mol. The zero-order valence-electron chi connectivity index (χ0n) is 12.0. The van der Waals surface area contributed by atoms with Crippen molar-refractivity contribution < 1.29 is 14.0 Å². The number of nitrogens with one attached hydrogen (secondary N) is 2. The average molecular weight is 291 g/mol. The van der Waals surface area contributed by atoms with Gasteiger partial charge in [0.15, 0.2) is 0 Å². The SMILES string of the molecule is CCC(C)[C@H](NC(=O)c1ccc(F)cc1)C(=O)NCC#N. The molecule has 0 heterocycles. The molecule has 0 bridgehead atoms. The number of carbonyl (C=O) groups excluding carboxylic acids is 2. The van der Waals surface area contributed by atoms with E-state index in [4.69, 9.17) is 5.26 Å². The maximum atomic E-state index is 12.8. The molecule has 112 valence electrons. The van der Waals surface area contributed by atoms with Gasteiger partial charge in [0, 0.05) is 5.56 Å². The summed E-state index contributed by atoms with van der Waals surface area (Å²) in [5.74, 6) is -1.38. The van der Waals surface area contributed by atoms with E-state index in [1.165, 1.54) is 24.3 Å². The first-order chi connectivity index (χ1) is 9.99. The minimum absolute atomic E-state index is 0.0897. The average Bonchev–Trinajstić information content (AvgIpc) is 2.49. The largest absolute Gasteiger partial charge is 0.341 e. The fourth-order valence-electron chi connectivity index (χ4n) is 1.76. The summed E-state index contributed by atoms with van der Waals surface area (Å²) < 4.78 is 12.8. The molecule has 1 aromatic rings. The van der Waals surface area contributed by atoms with Crippen molar-refractivity contribution in [2.45, 2.75) is 26.3 Å². The van der Waals surface area contributed by atoms with Crippen LogP contribution in [-0.2, 0) is 4.79 Å². The van der Waals surface area contributed by atoms with Crippen LogP contribution in [0.15, 0.2) is 24.3 Å². The zero-order chi connectivity index (χ0) is 15.8. The summed E-state index contributed by atoms with van der Waals surface area (Å²) in [6, 6.07) is 6.15. The normalized spacial score (nSPS) is 12.9. The number of amides is 2. The highest BCUT2D eigenvalue weighted by atomic mass is 19.1. The van der Waals surface area contributed by atoms with Gasteiger partial charge in [-0.2, -0.15) is 5.26 Å². The summed E-state index contributed by atoms with van der Waals surface area (Å²) in [6.45, 7) is 3.62. The lowest BCUT2D eigenvalue weighted by atomic mass is 9.98. The minimum atomic E-state index is -0.735. The molecule has 1 aromatic carbocycles. The van der Waals surface area contributed by atoms with E-state index in [2.05, 4.69) is 10.6 Å². The van der Waals surface area contributed by atoms with E-state index in [9.17, 15) is 14.0 Å². The van der Waals surface area contributed by atoms with Crippen LogP contribution in [0.2, 0.25) is 0 Å². The Labute approximate surface area is 123 Å². The van der Waals surface area contributed by atoms with Crippen molar-refractivity contribution in [2.24, 2.45) is 5.92 Å². The molecule has 2 atom stereocenters. The van der Waals surface area contributed by atoms with E-state index in [-0.39, 0.29) is 18.0 Å². The molecule has 6 heteroatoms. The van der Waals surface area contributed by atoms with Gasteiger partial charge in [-0.05, 0) is 30.2 Å². The van der Waals surface area contributed by atoms with Crippen LogP contribution < -0.4 is 10.6 Å². The van der Waals surface area contributed by atoms with Gasteiger partial charge in [0.25, 0.3) is 5.91 Å². The Balaban J connectivity index is 2.81. The van der Waals surface area contributed by atoms with Crippen LogP contribution >= 0.6 is 0 Å². The number of carbonyl (C=O) groups is 2. The van der Waals surface area contributed by atoms with Crippen LogP contribution in [0.1, 0.15) is 30.6 Å². The zero-order valence-corrected chi connectivity index (χ0v) is 12.0. The third-order valence-corrected chi connectivity index (χ3v) is 3.23. The van der Waals surface area contributed by atoms with Crippen LogP contribution in [0.4, 0.5) is 4.39 Å². The Morgan fingerprint density at radius 3 is 2.48 bits per heavy atom. The molecule has 0 saturated carbocycles. The first-order valence-electron chi connectivity index (χ1n) is 6.70. The maximum Gasteiger partial charge on any atom is 0.251 e. The molecule has 0 aliphatic carbocycles. The lowest BCUT2D eigenvalue weighted by molar-refractivity contribution is -0.123. The summed E-state index contributed by atoms with van der Waals surface area (Å²) >= 11 is 0. The fraction of sp³-hybridized carbons (Fsp3) is 0.400. The summed E-state index contributed by atoms with van der Waals surface area (Å²) in [5, 5.41) is 13.6. The second kappa shape index (κ2) is 8.00. The summed E-state index contributed by atoms with van der Waals surface area (Å²) in [5.41, 5.74) is 0.276. The first-order valence-corrected chi connectivity index (χ1v) is 6.70. The Morgan fingerprint density at radius 2 is 1.95 bits per heavy atom. The van der Waals surface area contributed by atoms with Crippen molar-refractivity contribution in [1.29, 1.82) is 5.26 Å². The molecule has 0 fully saturated rings. The quantitative estimate of drug-likeness (QED) is 0.781. The highest BCUT2D eigenvalue weighted by Gasteiger charge is 2.25. The van der Waals surface area contributed by atoms with E-state index in [0.717, 1.165) is 0 Å². The van der Waals surface area contributed by atoms with Crippen molar-refractivity contribution in [1.82, 2.24) is 10.6 Å². The molecule has 21 heavy (non-hydrogen) atoms. The highest BCUT2D eigenvalue weighted by molar-refractivity contribution is 5.97. The standard InChI is InChI=1S/C15H18FN3O2/c1-3-10(2)13(15(21)18-9-8-17)19-14(20)11-4-6-12(16)7-5-11/h4-7,10,13H,3,9H2,1-2H3,(H,18,21)(H,19,20)/t10?,13-/m0/s1. The van der Waals surface area contributed by atoms with Gasteiger partial charge < -0.3 is 10.6 Å². The lowest BCUT2D eigenvalue weighted by Gasteiger charge is -2.23. The van der Waals surface area contributed by atoms with Crippen LogP contribution in [0.25, 0.3) is 0 Å². The molecule has 0 saturated heterocycles. The number of nitrogens with zero attached hydrogens (tertiary/aromatic N) is 1. The fourth-order valence-corrected chi connectivity index (χ4v) is 1.76. The molecule has 2 amide bonds. The van der Waals surface area contributed by atoms with E-state index >= 15 is 0 Å². The van der Waals surface area contributed by atoms with Gasteiger partial charge in [-0.1, -0.05) is 20.3 Å². The Kier molecular flexibility index (Phi) is 6.34. The Morgan fingerprint density at radius 1 is 1.33 bits per heavy atom. The van der Waals surface area contributed by atoms with E-state index in [1.807, 2.05) is 19.9 Å². The monoisotopic (exact) mass is 291 g/mol. The summed E-state index contributed by atoms with van der Waals surface area (Å²) in [6.07, 6.45) is 0.689.